The van der Waals surface area contributed by atoms with E-state index >= 15 is 0 Å². The van der Waals surface area contributed by atoms with E-state index in [0.717, 1.165) is 5.56 Å². The Morgan fingerprint density at radius 3 is 2.46 bits per heavy atom. The van der Waals surface area contributed by atoms with Gasteiger partial charge in [-0.05, 0) is 25.1 Å². The van der Waals surface area contributed by atoms with E-state index in [1.165, 1.54) is 19.2 Å². The number of hydrogen-bond acceptors (Lipinski definition) is 5. The van der Waals surface area contributed by atoms with Crippen LogP contribution in [-0.4, -0.2) is 22.6 Å². The molecule has 7 heteroatoms. The van der Waals surface area contributed by atoms with Gasteiger partial charge in [0.15, 0.2) is 0 Å². The molecule has 0 aromatic heterocycles. The highest BCUT2D eigenvalue weighted by Crippen LogP contribution is 2.31. The van der Waals surface area contributed by atoms with E-state index < -0.39 is 10.0 Å². The van der Waals surface area contributed by atoms with Crippen LogP contribution in [0.2, 0.25) is 0 Å². The van der Waals surface area contributed by atoms with Crippen LogP contribution in [0.4, 0.5) is 0 Å². The van der Waals surface area contributed by atoms with Crippen molar-refractivity contribution in [3.8, 4) is 17.6 Å². The van der Waals surface area contributed by atoms with E-state index in [4.69, 9.17) is 14.7 Å². The van der Waals surface area contributed by atoms with Crippen LogP contribution in [0.25, 0.3) is 0 Å². The predicted octanol–water partition coefficient (Wildman–Crippen LogP) is 2.36. The van der Waals surface area contributed by atoms with Crippen LogP contribution < -0.4 is 14.2 Å². The standard InChI is InChI=1S/C17H18N2O4S/c1-12-15(22-2)9-8-14(17(12)23-3)11-19-24(20,21)16-7-5-4-6-13(16)10-18/h4-9,19H,11H2,1-3H3. The molecule has 0 amide bonds. The summed E-state index contributed by atoms with van der Waals surface area (Å²) in [6.45, 7) is 1.87. The Kier molecular flexibility index (Phi) is 5.44. The Hall–Kier alpha value is -2.56. The van der Waals surface area contributed by atoms with Gasteiger partial charge in [0.1, 0.15) is 17.6 Å². The summed E-state index contributed by atoms with van der Waals surface area (Å²) in [6, 6.07) is 11.4. The molecule has 2 aromatic rings. The number of hydrogen-bond donors (Lipinski definition) is 1. The fourth-order valence-electron chi connectivity index (χ4n) is 2.42. The van der Waals surface area contributed by atoms with Gasteiger partial charge in [0.25, 0.3) is 0 Å². The molecule has 0 atom stereocenters. The molecule has 0 fully saturated rings. The van der Waals surface area contributed by atoms with E-state index in [1.54, 1.807) is 31.4 Å². The maximum atomic E-state index is 12.5. The molecule has 24 heavy (non-hydrogen) atoms. The summed E-state index contributed by atoms with van der Waals surface area (Å²) in [4.78, 5) is -0.0447. The molecular formula is C17H18N2O4S. The fourth-order valence-corrected chi connectivity index (χ4v) is 3.58. The second kappa shape index (κ2) is 7.34. The zero-order valence-electron chi connectivity index (χ0n) is 13.7. The first-order valence-corrected chi connectivity index (χ1v) is 8.62. The molecule has 0 saturated heterocycles. The fraction of sp³-hybridized carbons (Fsp3) is 0.235. The number of nitrogens with one attached hydrogen (secondary N) is 1. The van der Waals surface area contributed by atoms with Crippen LogP contribution in [-0.2, 0) is 16.6 Å². The Labute approximate surface area is 141 Å². The van der Waals surface area contributed by atoms with Crippen molar-refractivity contribution >= 4 is 10.0 Å². The molecule has 1 N–H and O–H groups in total. The predicted molar refractivity (Wildman–Crippen MR) is 89.5 cm³/mol. The van der Waals surface area contributed by atoms with Crippen LogP contribution in [0.5, 0.6) is 11.5 Å². The summed E-state index contributed by atoms with van der Waals surface area (Å²) < 4.78 is 38.0. The maximum absolute atomic E-state index is 12.5. The average Bonchev–Trinajstić information content (AvgIpc) is 2.60. The molecule has 126 valence electrons. The monoisotopic (exact) mass is 346 g/mol. The molecule has 0 unspecified atom stereocenters. The van der Waals surface area contributed by atoms with Crippen LogP contribution in [0, 0.1) is 18.3 Å². The second-order valence-corrected chi connectivity index (χ2v) is 6.75. The van der Waals surface area contributed by atoms with Crippen molar-refractivity contribution in [2.45, 2.75) is 18.4 Å². The first-order valence-electron chi connectivity index (χ1n) is 7.14. The molecule has 0 aliphatic carbocycles. The van der Waals surface area contributed by atoms with Crippen molar-refractivity contribution in [3.63, 3.8) is 0 Å². The Morgan fingerprint density at radius 1 is 1.12 bits per heavy atom. The Morgan fingerprint density at radius 2 is 1.83 bits per heavy atom. The number of sulfonamides is 1. The largest absolute Gasteiger partial charge is 0.496 e. The summed E-state index contributed by atoms with van der Waals surface area (Å²) in [5.41, 5.74) is 1.56. The van der Waals surface area contributed by atoms with Gasteiger partial charge in [-0.2, -0.15) is 5.26 Å². The van der Waals surface area contributed by atoms with E-state index in [0.29, 0.717) is 17.1 Å². The first-order chi connectivity index (χ1) is 11.4. The minimum absolute atomic E-state index is 0.0378. The molecule has 2 aromatic carbocycles. The van der Waals surface area contributed by atoms with Crippen LogP contribution in [0.1, 0.15) is 16.7 Å². The molecule has 0 saturated carbocycles. The molecular weight excluding hydrogens is 328 g/mol. The van der Waals surface area contributed by atoms with E-state index in [9.17, 15) is 8.42 Å². The molecule has 0 spiro atoms. The number of ether oxygens (including phenoxy) is 2. The van der Waals surface area contributed by atoms with Gasteiger partial charge in [-0.15, -0.1) is 0 Å². The van der Waals surface area contributed by atoms with Gasteiger partial charge in [0, 0.05) is 17.7 Å². The summed E-state index contributed by atoms with van der Waals surface area (Å²) in [7, 11) is -0.737. The molecule has 0 bridgehead atoms. The molecule has 0 heterocycles. The SMILES string of the molecule is COc1ccc(CNS(=O)(=O)c2ccccc2C#N)c(OC)c1C. The summed E-state index contributed by atoms with van der Waals surface area (Å²) in [6.07, 6.45) is 0. The minimum atomic E-state index is -3.81. The quantitative estimate of drug-likeness (QED) is 0.867. The van der Waals surface area contributed by atoms with E-state index in [1.807, 2.05) is 13.0 Å². The smallest absolute Gasteiger partial charge is 0.242 e. The van der Waals surface area contributed by atoms with Crippen molar-refractivity contribution in [1.29, 1.82) is 5.26 Å². The van der Waals surface area contributed by atoms with Crippen molar-refractivity contribution in [2.75, 3.05) is 14.2 Å². The third-order valence-electron chi connectivity index (χ3n) is 3.61. The zero-order valence-corrected chi connectivity index (χ0v) is 14.5. The highest BCUT2D eigenvalue weighted by molar-refractivity contribution is 7.89. The van der Waals surface area contributed by atoms with E-state index in [-0.39, 0.29) is 17.0 Å². The normalized spacial score (nSPS) is 10.9. The van der Waals surface area contributed by atoms with Crippen LogP contribution in [0.3, 0.4) is 0 Å². The summed E-state index contributed by atoms with van der Waals surface area (Å²) >= 11 is 0. The Balaban J connectivity index is 2.31. The van der Waals surface area contributed by atoms with Gasteiger partial charge in [-0.3, -0.25) is 0 Å². The molecule has 0 aliphatic rings. The lowest BCUT2D eigenvalue weighted by atomic mass is 10.1. The number of rotatable bonds is 6. The number of benzene rings is 2. The van der Waals surface area contributed by atoms with Crippen molar-refractivity contribution in [1.82, 2.24) is 4.72 Å². The third-order valence-corrected chi connectivity index (χ3v) is 5.07. The maximum Gasteiger partial charge on any atom is 0.242 e. The number of nitrogens with zero attached hydrogens (tertiary/aromatic N) is 1. The minimum Gasteiger partial charge on any atom is -0.496 e. The molecule has 0 aliphatic heterocycles. The second-order valence-electron chi connectivity index (χ2n) is 5.02. The third kappa shape index (κ3) is 3.50. The summed E-state index contributed by atoms with van der Waals surface area (Å²) in [5, 5.41) is 9.07. The molecule has 2 rings (SSSR count). The van der Waals surface area contributed by atoms with Gasteiger partial charge >= 0.3 is 0 Å². The lowest BCUT2D eigenvalue weighted by Gasteiger charge is -2.15. The van der Waals surface area contributed by atoms with Gasteiger partial charge in [-0.1, -0.05) is 18.2 Å². The van der Waals surface area contributed by atoms with Crippen LogP contribution >= 0.6 is 0 Å². The molecule has 0 radical (unpaired) electrons. The Bertz CT molecular complexity index is 886. The van der Waals surface area contributed by atoms with Gasteiger partial charge in [-0.25, -0.2) is 13.1 Å². The highest BCUT2D eigenvalue weighted by atomic mass is 32.2. The van der Waals surface area contributed by atoms with Crippen molar-refractivity contribution in [2.24, 2.45) is 0 Å². The van der Waals surface area contributed by atoms with Crippen LogP contribution in [0.15, 0.2) is 41.3 Å². The first kappa shape index (κ1) is 17.8. The van der Waals surface area contributed by atoms with Crippen molar-refractivity contribution in [3.05, 3.63) is 53.1 Å². The molecule has 6 nitrogen and oxygen atoms in total. The lowest BCUT2D eigenvalue weighted by molar-refractivity contribution is 0.385. The summed E-state index contributed by atoms with van der Waals surface area (Å²) in [5.74, 6) is 1.22. The van der Waals surface area contributed by atoms with E-state index in [2.05, 4.69) is 4.72 Å². The number of methoxy groups -OCH3 is 2. The highest BCUT2D eigenvalue weighted by Gasteiger charge is 2.19. The van der Waals surface area contributed by atoms with Crippen molar-refractivity contribution < 1.29 is 17.9 Å². The average molecular weight is 346 g/mol. The van der Waals surface area contributed by atoms with Gasteiger partial charge < -0.3 is 9.47 Å². The van der Waals surface area contributed by atoms with Gasteiger partial charge in [0.2, 0.25) is 10.0 Å². The topological polar surface area (TPSA) is 88.4 Å². The van der Waals surface area contributed by atoms with Gasteiger partial charge in [0.05, 0.1) is 24.7 Å². The lowest BCUT2D eigenvalue weighted by Crippen LogP contribution is -2.24. The number of nitriles is 1. The zero-order chi connectivity index (χ0) is 17.7.